The number of methoxy groups -OCH3 is 1. The van der Waals surface area contributed by atoms with Gasteiger partial charge < -0.3 is 9.47 Å². The van der Waals surface area contributed by atoms with Gasteiger partial charge in [-0.1, -0.05) is 129 Å². The lowest BCUT2D eigenvalue weighted by atomic mass is 9.86. The van der Waals surface area contributed by atoms with Crippen molar-refractivity contribution in [2.45, 2.75) is 76.3 Å². The Morgan fingerprint density at radius 3 is 2.00 bits per heavy atom. The Labute approximate surface area is 281 Å². The summed E-state index contributed by atoms with van der Waals surface area (Å²) in [4.78, 5) is 0. The van der Waals surface area contributed by atoms with Crippen LogP contribution in [-0.2, 0) is 16.8 Å². The van der Waals surface area contributed by atoms with Crippen LogP contribution in [0.5, 0.6) is 5.75 Å². The van der Waals surface area contributed by atoms with Crippen LogP contribution >= 0.6 is 11.6 Å². The number of ether oxygens (including phenoxy) is 2. The zero-order chi connectivity index (χ0) is 33.4. The summed E-state index contributed by atoms with van der Waals surface area (Å²) >= 11 is 6.54. The molecule has 0 aromatic heterocycles. The maximum Gasteiger partial charge on any atom is 0.137 e. The van der Waals surface area contributed by atoms with Crippen molar-refractivity contribution in [3.05, 3.63) is 161 Å². The molecular weight excluding hydrogens is 591 g/mol. The molecule has 1 aliphatic carbocycles. The Morgan fingerprint density at radius 2 is 1.43 bits per heavy atom. The van der Waals surface area contributed by atoms with Crippen molar-refractivity contribution < 1.29 is 13.9 Å². The summed E-state index contributed by atoms with van der Waals surface area (Å²) in [5.41, 5.74) is 4.42. The highest BCUT2D eigenvalue weighted by molar-refractivity contribution is 6.32. The summed E-state index contributed by atoms with van der Waals surface area (Å²) in [6, 6.07) is 35.3. The number of benzene rings is 4. The lowest BCUT2D eigenvalue weighted by Crippen LogP contribution is -2.04. The largest absolute Gasteiger partial charge is 0.501 e. The predicted molar refractivity (Wildman–Crippen MR) is 194 cm³/mol. The first-order valence-corrected chi connectivity index (χ1v) is 16.8. The van der Waals surface area contributed by atoms with Gasteiger partial charge in [0.25, 0.3) is 0 Å². The number of halogens is 2. The van der Waals surface area contributed by atoms with Crippen LogP contribution in [0.4, 0.5) is 4.39 Å². The summed E-state index contributed by atoms with van der Waals surface area (Å²) in [5, 5.41) is 0.633. The minimum atomic E-state index is -1.18. The Morgan fingerprint density at radius 1 is 0.848 bits per heavy atom. The Hall–Kier alpha value is -3.82. The molecule has 0 spiro atoms. The third kappa shape index (κ3) is 10.6. The normalized spacial score (nSPS) is 13.3. The summed E-state index contributed by atoms with van der Waals surface area (Å²) in [5.74, 6) is 2.25. The topological polar surface area (TPSA) is 18.5 Å². The summed E-state index contributed by atoms with van der Waals surface area (Å²) in [6.45, 7) is 14.9. The first-order chi connectivity index (χ1) is 22.4. The van der Waals surface area contributed by atoms with Gasteiger partial charge >= 0.3 is 0 Å². The molecule has 0 bridgehead atoms. The van der Waals surface area contributed by atoms with E-state index in [2.05, 4.69) is 106 Å². The van der Waals surface area contributed by atoms with Crippen LogP contribution < -0.4 is 4.74 Å². The average molecular weight is 641 g/mol. The first kappa shape index (κ1) is 36.6. The van der Waals surface area contributed by atoms with Gasteiger partial charge in [-0.05, 0) is 72.9 Å². The van der Waals surface area contributed by atoms with E-state index in [1.807, 2.05) is 30.3 Å². The van der Waals surface area contributed by atoms with Crippen molar-refractivity contribution in [1.29, 1.82) is 0 Å². The van der Waals surface area contributed by atoms with E-state index in [-0.39, 0.29) is 5.92 Å². The molecule has 0 amide bonds. The van der Waals surface area contributed by atoms with E-state index in [4.69, 9.17) is 21.1 Å². The number of allylic oxidation sites excluding steroid dienone is 1. The second kappa shape index (κ2) is 19.0. The molecule has 5 rings (SSSR count). The third-order valence-corrected chi connectivity index (χ3v) is 8.91. The third-order valence-electron chi connectivity index (χ3n) is 8.46. The quantitative estimate of drug-likeness (QED) is 0.0775. The summed E-state index contributed by atoms with van der Waals surface area (Å²) in [7, 11) is 1.65. The van der Waals surface area contributed by atoms with Crippen LogP contribution in [0.2, 0.25) is 5.02 Å². The lowest BCUT2D eigenvalue weighted by molar-refractivity contribution is 0.270. The summed E-state index contributed by atoms with van der Waals surface area (Å²) < 4.78 is 25.3. The molecule has 1 aliphatic rings. The highest BCUT2D eigenvalue weighted by Crippen LogP contribution is 2.52. The Bertz CT molecular complexity index is 1430. The zero-order valence-corrected chi connectivity index (χ0v) is 28.6. The van der Waals surface area contributed by atoms with Crippen molar-refractivity contribution in [2.24, 2.45) is 0 Å². The first-order valence-electron chi connectivity index (χ1n) is 16.4. The summed E-state index contributed by atoms with van der Waals surface area (Å²) in [6.07, 6.45) is 6.35. The average Bonchev–Trinajstić information content (AvgIpc) is 3.86. The van der Waals surface area contributed by atoms with Gasteiger partial charge in [0.2, 0.25) is 0 Å². The van der Waals surface area contributed by atoms with Crippen molar-refractivity contribution in [1.82, 2.24) is 0 Å². The van der Waals surface area contributed by atoms with Gasteiger partial charge in [0.15, 0.2) is 0 Å². The van der Waals surface area contributed by atoms with Crippen LogP contribution in [0.15, 0.2) is 129 Å². The Balaban J connectivity index is 0.000000263. The molecule has 46 heavy (non-hydrogen) atoms. The van der Waals surface area contributed by atoms with Crippen molar-refractivity contribution in [2.75, 3.05) is 13.7 Å². The van der Waals surface area contributed by atoms with Gasteiger partial charge in [0, 0.05) is 17.4 Å². The van der Waals surface area contributed by atoms with E-state index in [1.165, 1.54) is 16.7 Å². The maximum atomic E-state index is 14.5. The molecule has 2 nitrogen and oxygen atoms in total. The molecule has 244 valence electrons. The minimum absolute atomic E-state index is 0.190. The fraction of sp³-hybridized carbons (Fsp3) is 0.333. The molecule has 0 aliphatic heterocycles. The van der Waals surface area contributed by atoms with E-state index >= 15 is 0 Å². The molecule has 0 N–H and O–H groups in total. The fourth-order valence-corrected chi connectivity index (χ4v) is 5.85. The molecule has 1 saturated carbocycles. The van der Waals surface area contributed by atoms with Crippen LogP contribution in [0.1, 0.15) is 92.0 Å². The molecule has 4 aromatic carbocycles. The monoisotopic (exact) mass is 640 g/mol. The van der Waals surface area contributed by atoms with E-state index in [9.17, 15) is 4.39 Å². The van der Waals surface area contributed by atoms with Crippen LogP contribution in [0, 0.1) is 0 Å². The SMILES string of the molecule is C=C.C=C(OC)C(C)c1cccc(OCCCC)c1.FC1(c2cccc(CCCC(c3ccccc3)c3ccccc3)c2Cl)CC1. The number of rotatable bonds is 14. The number of alkyl halides is 1. The predicted octanol–water partition coefficient (Wildman–Crippen LogP) is 12.4. The molecule has 1 fully saturated rings. The number of hydrogen-bond donors (Lipinski definition) is 0. The second-order valence-corrected chi connectivity index (χ2v) is 12.1. The van der Waals surface area contributed by atoms with Gasteiger partial charge in [-0.2, -0.15) is 0 Å². The van der Waals surface area contributed by atoms with Gasteiger partial charge in [-0.15, -0.1) is 13.2 Å². The number of unbranched alkanes of at least 4 members (excludes halogenated alkanes) is 1. The molecule has 0 heterocycles. The van der Waals surface area contributed by atoms with E-state index in [1.54, 1.807) is 7.11 Å². The smallest absolute Gasteiger partial charge is 0.137 e. The highest BCUT2D eigenvalue weighted by atomic mass is 35.5. The molecule has 1 atom stereocenters. The molecular formula is C42H50ClFO2. The van der Waals surface area contributed by atoms with Crippen molar-refractivity contribution in [3.8, 4) is 5.75 Å². The molecule has 1 unspecified atom stereocenters. The minimum Gasteiger partial charge on any atom is -0.501 e. The maximum absolute atomic E-state index is 14.5. The van der Waals surface area contributed by atoms with Gasteiger partial charge in [0.1, 0.15) is 11.4 Å². The van der Waals surface area contributed by atoms with E-state index in [0.717, 1.165) is 55.8 Å². The molecule has 0 saturated heterocycles. The van der Waals surface area contributed by atoms with E-state index < -0.39 is 5.67 Å². The van der Waals surface area contributed by atoms with Crippen molar-refractivity contribution >= 4 is 11.6 Å². The Kier molecular flexibility index (Phi) is 15.1. The van der Waals surface area contributed by atoms with Crippen molar-refractivity contribution in [3.63, 3.8) is 0 Å². The fourth-order valence-electron chi connectivity index (χ4n) is 5.46. The van der Waals surface area contributed by atoms with Crippen LogP contribution in [0.25, 0.3) is 0 Å². The number of aryl methyl sites for hydroxylation is 1. The number of hydrogen-bond acceptors (Lipinski definition) is 2. The van der Waals surface area contributed by atoms with Gasteiger partial charge in [-0.3, -0.25) is 0 Å². The highest BCUT2D eigenvalue weighted by Gasteiger charge is 2.46. The van der Waals surface area contributed by atoms with E-state index in [0.29, 0.717) is 29.3 Å². The van der Waals surface area contributed by atoms with Gasteiger partial charge in [0.05, 0.1) is 24.5 Å². The van der Waals surface area contributed by atoms with Crippen LogP contribution in [-0.4, -0.2) is 13.7 Å². The molecule has 0 radical (unpaired) electrons. The zero-order valence-electron chi connectivity index (χ0n) is 27.8. The standard InChI is InChI=1S/C25H24ClF.C15H22O2.C2H4/c26-24-21(14-8-16-23(24)25(27)17-18-25)13-7-15-22(19-9-3-1-4-10-19)20-11-5-2-6-12-20;1-5-6-10-17-15-9-7-8-14(11-15)12(2)13(3)16-4;1-2/h1-6,8-12,14,16,22H,7,13,15,17-18H2;7-9,11-12H,3,5-6,10H2,1-2,4H3;1-2H2. The molecule has 4 aromatic rings. The lowest BCUT2D eigenvalue weighted by Gasteiger charge is -2.19. The molecule has 4 heteroatoms. The second-order valence-electron chi connectivity index (χ2n) is 11.7. The van der Waals surface area contributed by atoms with Crippen LogP contribution in [0.3, 0.4) is 0 Å². The van der Waals surface area contributed by atoms with Gasteiger partial charge in [-0.25, -0.2) is 4.39 Å².